The molecule has 2 N–H and O–H groups in total. The molecule has 0 aliphatic heterocycles. The fourth-order valence-electron chi connectivity index (χ4n) is 2.28. The van der Waals surface area contributed by atoms with Gasteiger partial charge in [0.1, 0.15) is 5.82 Å². The molecule has 0 aliphatic rings. The molecule has 2 amide bonds. The van der Waals surface area contributed by atoms with Gasteiger partial charge in [0.15, 0.2) is 0 Å². The van der Waals surface area contributed by atoms with E-state index in [-0.39, 0.29) is 19.0 Å². The number of carboxylic acid groups (broad SMARTS) is 1. The van der Waals surface area contributed by atoms with Crippen molar-refractivity contribution in [2.24, 2.45) is 0 Å². The van der Waals surface area contributed by atoms with Crippen molar-refractivity contribution < 1.29 is 14.7 Å². The highest BCUT2D eigenvalue weighted by molar-refractivity contribution is 5.84. The monoisotopic (exact) mass is 330 g/mol. The highest BCUT2D eigenvalue weighted by atomic mass is 16.4. The number of benzene rings is 1. The number of fused-ring (bicyclic) bond motifs is 1. The molecule has 0 fully saturated rings. The van der Waals surface area contributed by atoms with Crippen molar-refractivity contribution in [1.29, 1.82) is 0 Å². The lowest BCUT2D eigenvalue weighted by Crippen LogP contribution is -2.38. The van der Waals surface area contributed by atoms with E-state index < -0.39 is 5.97 Å². The summed E-state index contributed by atoms with van der Waals surface area (Å²) in [5.74, 6) is -0.109. The Balaban J connectivity index is 2.14. The van der Waals surface area contributed by atoms with Crippen molar-refractivity contribution in [3.05, 3.63) is 35.9 Å². The summed E-state index contributed by atoms with van der Waals surface area (Å²) in [5, 5.41) is 12.5. The number of aliphatic carboxylic acids is 1. The van der Waals surface area contributed by atoms with Gasteiger partial charge in [-0.3, -0.25) is 4.79 Å². The third kappa shape index (κ3) is 4.34. The molecule has 0 aliphatic carbocycles. The first-order chi connectivity index (χ1) is 11.4. The van der Waals surface area contributed by atoms with E-state index in [1.54, 1.807) is 7.05 Å². The molecule has 0 unspecified atom stereocenters. The zero-order valence-electron chi connectivity index (χ0n) is 14.1. The smallest absolute Gasteiger partial charge is 0.317 e. The van der Waals surface area contributed by atoms with Gasteiger partial charge in [0.2, 0.25) is 0 Å². The van der Waals surface area contributed by atoms with Crippen LogP contribution in [0, 0.1) is 0 Å². The molecular weight excluding hydrogens is 308 g/mol. The Morgan fingerprint density at radius 3 is 2.58 bits per heavy atom. The molecule has 0 atom stereocenters. The Morgan fingerprint density at radius 1 is 1.21 bits per heavy atom. The molecule has 7 nitrogen and oxygen atoms in total. The molecule has 2 aromatic rings. The molecule has 24 heavy (non-hydrogen) atoms. The predicted molar refractivity (Wildman–Crippen MR) is 93.2 cm³/mol. The summed E-state index contributed by atoms with van der Waals surface area (Å²) in [6.45, 7) is 0.515. The maximum atomic E-state index is 12.1. The summed E-state index contributed by atoms with van der Waals surface area (Å²) in [7, 11) is 5.41. The Morgan fingerprint density at radius 2 is 1.92 bits per heavy atom. The van der Waals surface area contributed by atoms with Crippen LogP contribution >= 0.6 is 0 Å². The second-order valence-corrected chi connectivity index (χ2v) is 5.78. The SMILES string of the molecule is CN(CCC(=O)O)C(=O)NCc1cc(N(C)C)nc2ccccc12. The van der Waals surface area contributed by atoms with Crippen LogP contribution in [0.1, 0.15) is 12.0 Å². The third-order valence-electron chi connectivity index (χ3n) is 3.68. The molecule has 7 heteroatoms. The van der Waals surface area contributed by atoms with Crippen LogP contribution < -0.4 is 10.2 Å². The Kier molecular flexibility index (Phi) is 5.57. The number of anilines is 1. The van der Waals surface area contributed by atoms with E-state index >= 15 is 0 Å². The van der Waals surface area contributed by atoms with Crippen LogP contribution in [0.5, 0.6) is 0 Å². The fourth-order valence-corrected chi connectivity index (χ4v) is 2.28. The van der Waals surface area contributed by atoms with E-state index in [2.05, 4.69) is 10.3 Å². The first-order valence-electron chi connectivity index (χ1n) is 7.65. The molecular formula is C17H22N4O3. The van der Waals surface area contributed by atoms with E-state index in [1.807, 2.05) is 49.3 Å². The number of aromatic nitrogens is 1. The topological polar surface area (TPSA) is 85.8 Å². The van der Waals surface area contributed by atoms with Gasteiger partial charge in [0, 0.05) is 39.6 Å². The van der Waals surface area contributed by atoms with Crippen molar-refractivity contribution in [2.45, 2.75) is 13.0 Å². The normalized spacial score (nSPS) is 10.5. The Bertz CT molecular complexity index is 746. The average molecular weight is 330 g/mol. The van der Waals surface area contributed by atoms with Gasteiger partial charge in [-0.05, 0) is 17.7 Å². The largest absolute Gasteiger partial charge is 0.481 e. The minimum Gasteiger partial charge on any atom is -0.481 e. The maximum absolute atomic E-state index is 12.1. The first kappa shape index (κ1) is 17.5. The number of carbonyl (C=O) groups is 2. The van der Waals surface area contributed by atoms with Crippen LogP contribution in [0.25, 0.3) is 10.9 Å². The number of nitrogens with one attached hydrogen (secondary N) is 1. The minimum absolute atomic E-state index is 0.0765. The van der Waals surface area contributed by atoms with Gasteiger partial charge >= 0.3 is 12.0 Å². The van der Waals surface area contributed by atoms with Crippen LogP contribution in [0.15, 0.2) is 30.3 Å². The number of nitrogens with zero attached hydrogens (tertiary/aromatic N) is 3. The molecule has 1 aromatic carbocycles. The minimum atomic E-state index is -0.926. The van der Waals surface area contributed by atoms with Crippen molar-refractivity contribution in [3.63, 3.8) is 0 Å². The van der Waals surface area contributed by atoms with Gasteiger partial charge in [0.25, 0.3) is 0 Å². The number of carbonyl (C=O) groups excluding carboxylic acids is 1. The van der Waals surface area contributed by atoms with E-state index in [9.17, 15) is 9.59 Å². The summed E-state index contributed by atoms with van der Waals surface area (Å²) in [4.78, 5) is 30.5. The molecule has 2 rings (SSSR count). The molecule has 0 radical (unpaired) electrons. The summed E-state index contributed by atoms with van der Waals surface area (Å²) < 4.78 is 0. The van der Waals surface area contributed by atoms with Crippen LogP contribution in [0.3, 0.4) is 0 Å². The summed E-state index contributed by atoms with van der Waals surface area (Å²) in [6, 6.07) is 9.41. The second-order valence-electron chi connectivity index (χ2n) is 5.78. The van der Waals surface area contributed by atoms with Gasteiger partial charge in [-0.15, -0.1) is 0 Å². The van der Waals surface area contributed by atoms with E-state index in [1.165, 1.54) is 4.90 Å². The van der Waals surface area contributed by atoms with E-state index in [4.69, 9.17) is 5.11 Å². The second kappa shape index (κ2) is 7.63. The lowest BCUT2D eigenvalue weighted by Gasteiger charge is -2.18. The van der Waals surface area contributed by atoms with Crippen molar-refractivity contribution in [1.82, 2.24) is 15.2 Å². The van der Waals surface area contributed by atoms with Crippen LogP contribution in [-0.4, -0.2) is 54.7 Å². The van der Waals surface area contributed by atoms with Gasteiger partial charge in [-0.1, -0.05) is 18.2 Å². The number of urea groups is 1. The van der Waals surface area contributed by atoms with E-state index in [0.29, 0.717) is 6.54 Å². The van der Waals surface area contributed by atoms with Gasteiger partial charge in [-0.2, -0.15) is 0 Å². The van der Waals surface area contributed by atoms with Crippen LogP contribution in [0.4, 0.5) is 10.6 Å². The van der Waals surface area contributed by atoms with Crippen LogP contribution in [-0.2, 0) is 11.3 Å². The number of amides is 2. The number of hydrogen-bond acceptors (Lipinski definition) is 4. The molecule has 128 valence electrons. The van der Waals surface area contributed by atoms with Gasteiger partial charge < -0.3 is 20.2 Å². The zero-order valence-corrected chi connectivity index (χ0v) is 14.1. The summed E-state index contributed by atoms with van der Waals surface area (Å²) >= 11 is 0. The molecule has 0 saturated heterocycles. The number of para-hydroxylation sites is 1. The first-order valence-corrected chi connectivity index (χ1v) is 7.65. The zero-order chi connectivity index (χ0) is 17.7. The van der Waals surface area contributed by atoms with Gasteiger partial charge in [0.05, 0.1) is 11.9 Å². The molecule has 0 saturated carbocycles. The van der Waals surface area contributed by atoms with Crippen molar-refractivity contribution in [2.75, 3.05) is 32.6 Å². The van der Waals surface area contributed by atoms with Crippen LogP contribution in [0.2, 0.25) is 0 Å². The van der Waals surface area contributed by atoms with Crippen molar-refractivity contribution in [3.8, 4) is 0 Å². The third-order valence-corrected chi connectivity index (χ3v) is 3.68. The number of carboxylic acids is 1. The highest BCUT2D eigenvalue weighted by Gasteiger charge is 2.12. The molecule has 1 aromatic heterocycles. The Labute approximate surface area is 140 Å². The highest BCUT2D eigenvalue weighted by Crippen LogP contribution is 2.22. The molecule has 0 bridgehead atoms. The lowest BCUT2D eigenvalue weighted by molar-refractivity contribution is -0.137. The maximum Gasteiger partial charge on any atom is 0.317 e. The number of hydrogen-bond donors (Lipinski definition) is 2. The molecule has 0 spiro atoms. The van der Waals surface area contributed by atoms with Crippen molar-refractivity contribution >= 4 is 28.7 Å². The summed E-state index contributed by atoms with van der Waals surface area (Å²) in [5.41, 5.74) is 1.83. The Hall–Kier alpha value is -2.83. The number of pyridine rings is 1. The van der Waals surface area contributed by atoms with Gasteiger partial charge in [-0.25, -0.2) is 9.78 Å². The lowest BCUT2D eigenvalue weighted by atomic mass is 10.1. The predicted octanol–water partition coefficient (Wildman–Crippen LogP) is 1.92. The average Bonchev–Trinajstić information content (AvgIpc) is 2.56. The van der Waals surface area contributed by atoms with E-state index in [0.717, 1.165) is 22.3 Å². The standard InChI is InChI=1S/C17H22N4O3/c1-20(2)15-10-12(13-6-4-5-7-14(13)19-15)11-18-17(24)21(3)9-8-16(22)23/h4-7,10H,8-9,11H2,1-3H3,(H,18,24)(H,22,23). The number of rotatable bonds is 6. The fraction of sp³-hybridized carbons (Fsp3) is 0.353. The molecule has 1 heterocycles. The quantitative estimate of drug-likeness (QED) is 0.845. The summed E-state index contributed by atoms with van der Waals surface area (Å²) in [6.07, 6.45) is -0.0765.